The number of aliphatic hydroxyl groups excluding tert-OH is 1. The van der Waals surface area contributed by atoms with Crippen LogP contribution in [0.25, 0.3) is 0 Å². The first-order chi connectivity index (χ1) is 15.3. The van der Waals surface area contributed by atoms with E-state index in [1.807, 2.05) is 18.2 Å². The van der Waals surface area contributed by atoms with Crippen LogP contribution in [0.15, 0.2) is 54.6 Å². The Bertz CT molecular complexity index is 757. The molecule has 1 heterocycles. The first-order valence-corrected chi connectivity index (χ1v) is 12.1. The summed E-state index contributed by atoms with van der Waals surface area (Å²) in [4.78, 5) is 2.54. The maximum atomic E-state index is 9.53. The molecule has 1 aliphatic carbocycles. The molecule has 1 saturated heterocycles. The van der Waals surface area contributed by atoms with Crippen molar-refractivity contribution in [3.8, 4) is 5.75 Å². The van der Waals surface area contributed by atoms with Crippen molar-refractivity contribution in [1.82, 2.24) is 10.2 Å². The van der Waals surface area contributed by atoms with Gasteiger partial charge in [0.15, 0.2) is 0 Å². The monoisotopic (exact) mass is 422 g/mol. The number of hydrogen-bond donors (Lipinski definition) is 2. The summed E-state index contributed by atoms with van der Waals surface area (Å²) in [6.45, 7) is 5.36. The molecule has 0 bridgehead atoms. The van der Waals surface area contributed by atoms with E-state index in [1.165, 1.54) is 62.7 Å². The summed E-state index contributed by atoms with van der Waals surface area (Å²) in [6.07, 6.45) is 7.78. The summed E-state index contributed by atoms with van der Waals surface area (Å²) in [7, 11) is 0. The zero-order chi connectivity index (χ0) is 21.3. The van der Waals surface area contributed by atoms with E-state index in [0.717, 1.165) is 30.7 Å². The van der Waals surface area contributed by atoms with Crippen molar-refractivity contribution in [3.05, 3.63) is 65.7 Å². The van der Waals surface area contributed by atoms with E-state index in [9.17, 15) is 5.11 Å². The van der Waals surface area contributed by atoms with Crippen LogP contribution in [0, 0.1) is 11.8 Å². The molecule has 4 nitrogen and oxygen atoms in total. The SMILES string of the molecule is OCC1CCCN1CC1CCC(CNCc2ccc(OCc3ccccc3)cc2)CC1. The molecule has 2 N–H and O–H groups in total. The molecule has 4 heteroatoms. The number of nitrogens with zero attached hydrogens (tertiary/aromatic N) is 1. The summed E-state index contributed by atoms with van der Waals surface area (Å²) in [5.41, 5.74) is 2.50. The highest BCUT2D eigenvalue weighted by Crippen LogP contribution is 2.31. The van der Waals surface area contributed by atoms with Gasteiger partial charge in [-0.2, -0.15) is 0 Å². The van der Waals surface area contributed by atoms with Crippen LogP contribution < -0.4 is 10.1 Å². The predicted molar refractivity (Wildman–Crippen MR) is 126 cm³/mol. The van der Waals surface area contributed by atoms with Crippen LogP contribution in [0.3, 0.4) is 0 Å². The normalized spacial score (nSPS) is 24.4. The number of ether oxygens (including phenoxy) is 1. The maximum Gasteiger partial charge on any atom is 0.119 e. The second-order valence-corrected chi connectivity index (χ2v) is 9.41. The van der Waals surface area contributed by atoms with Gasteiger partial charge in [0.05, 0.1) is 6.61 Å². The number of hydrogen-bond acceptors (Lipinski definition) is 4. The smallest absolute Gasteiger partial charge is 0.119 e. The van der Waals surface area contributed by atoms with E-state index in [-0.39, 0.29) is 0 Å². The second-order valence-electron chi connectivity index (χ2n) is 9.41. The lowest BCUT2D eigenvalue weighted by Crippen LogP contribution is -2.37. The van der Waals surface area contributed by atoms with Crippen molar-refractivity contribution in [3.63, 3.8) is 0 Å². The average Bonchev–Trinajstić information content (AvgIpc) is 3.27. The summed E-state index contributed by atoms with van der Waals surface area (Å²) in [6, 6.07) is 19.2. The number of nitrogens with one attached hydrogen (secondary N) is 1. The van der Waals surface area contributed by atoms with Crippen molar-refractivity contribution in [2.24, 2.45) is 11.8 Å². The van der Waals surface area contributed by atoms with Crippen LogP contribution >= 0.6 is 0 Å². The van der Waals surface area contributed by atoms with Gasteiger partial charge in [0.25, 0.3) is 0 Å². The Morgan fingerprint density at radius 2 is 1.61 bits per heavy atom. The molecule has 1 unspecified atom stereocenters. The van der Waals surface area contributed by atoms with Gasteiger partial charge in [0.1, 0.15) is 12.4 Å². The molecule has 2 aliphatic rings. The topological polar surface area (TPSA) is 44.7 Å². The van der Waals surface area contributed by atoms with E-state index in [1.54, 1.807) is 0 Å². The van der Waals surface area contributed by atoms with E-state index in [4.69, 9.17) is 4.74 Å². The van der Waals surface area contributed by atoms with E-state index in [2.05, 4.69) is 46.6 Å². The van der Waals surface area contributed by atoms with Gasteiger partial charge in [-0.05, 0) is 86.7 Å². The summed E-state index contributed by atoms with van der Waals surface area (Å²) >= 11 is 0. The molecule has 31 heavy (non-hydrogen) atoms. The quantitative estimate of drug-likeness (QED) is 0.587. The lowest BCUT2D eigenvalue weighted by atomic mass is 9.81. The molecule has 1 saturated carbocycles. The first-order valence-electron chi connectivity index (χ1n) is 12.1. The highest BCUT2D eigenvalue weighted by Gasteiger charge is 2.28. The fraction of sp³-hybridized carbons (Fsp3) is 0.556. The van der Waals surface area contributed by atoms with Crippen LogP contribution in [0.1, 0.15) is 49.7 Å². The minimum Gasteiger partial charge on any atom is -0.489 e. The van der Waals surface area contributed by atoms with Crippen molar-refractivity contribution in [2.75, 3.05) is 26.2 Å². The van der Waals surface area contributed by atoms with Crippen LogP contribution in [0.2, 0.25) is 0 Å². The van der Waals surface area contributed by atoms with Gasteiger partial charge >= 0.3 is 0 Å². The van der Waals surface area contributed by atoms with Crippen molar-refractivity contribution < 1.29 is 9.84 Å². The van der Waals surface area contributed by atoms with Gasteiger partial charge < -0.3 is 15.2 Å². The molecule has 2 aromatic rings. The fourth-order valence-electron chi connectivity index (χ4n) is 5.16. The van der Waals surface area contributed by atoms with E-state index >= 15 is 0 Å². The number of likely N-dealkylation sites (tertiary alicyclic amines) is 1. The molecule has 0 spiro atoms. The summed E-state index contributed by atoms with van der Waals surface area (Å²) < 4.78 is 5.88. The Balaban J connectivity index is 1.11. The van der Waals surface area contributed by atoms with E-state index in [0.29, 0.717) is 19.3 Å². The Kier molecular flexibility index (Phi) is 8.39. The third-order valence-electron chi connectivity index (χ3n) is 7.10. The Morgan fingerprint density at radius 3 is 2.35 bits per heavy atom. The zero-order valence-corrected chi connectivity index (χ0v) is 18.7. The van der Waals surface area contributed by atoms with Gasteiger partial charge in [0.2, 0.25) is 0 Å². The minimum absolute atomic E-state index is 0.333. The standard InChI is InChI=1S/C27H38N2O2/c30-20-26-7-4-16-29(26)19-24-10-8-22(9-11-24)17-28-18-23-12-14-27(15-13-23)31-21-25-5-2-1-3-6-25/h1-3,5-6,12-15,22,24,26,28,30H,4,7-11,16-21H2. The highest BCUT2D eigenvalue weighted by atomic mass is 16.5. The zero-order valence-electron chi connectivity index (χ0n) is 18.7. The third kappa shape index (κ3) is 6.80. The van der Waals surface area contributed by atoms with Gasteiger partial charge in [-0.25, -0.2) is 0 Å². The van der Waals surface area contributed by atoms with Gasteiger partial charge in [-0.1, -0.05) is 42.5 Å². The average molecular weight is 423 g/mol. The minimum atomic E-state index is 0.333. The molecular formula is C27H38N2O2. The Labute approximate surface area is 187 Å². The molecule has 0 amide bonds. The van der Waals surface area contributed by atoms with Gasteiger partial charge in [-0.15, -0.1) is 0 Å². The van der Waals surface area contributed by atoms with Gasteiger partial charge in [-0.3, -0.25) is 4.90 Å². The molecule has 168 valence electrons. The van der Waals surface area contributed by atoms with Crippen molar-refractivity contribution in [1.29, 1.82) is 0 Å². The highest BCUT2D eigenvalue weighted by molar-refractivity contribution is 5.27. The summed E-state index contributed by atoms with van der Waals surface area (Å²) in [5, 5.41) is 13.2. The molecule has 1 atom stereocenters. The third-order valence-corrected chi connectivity index (χ3v) is 7.10. The molecule has 2 fully saturated rings. The Morgan fingerprint density at radius 1 is 0.871 bits per heavy atom. The number of rotatable bonds is 10. The van der Waals surface area contributed by atoms with Crippen molar-refractivity contribution in [2.45, 2.75) is 57.7 Å². The number of aliphatic hydroxyl groups is 1. The summed E-state index contributed by atoms with van der Waals surface area (Å²) in [5.74, 6) is 2.55. The molecule has 4 rings (SSSR count). The van der Waals surface area contributed by atoms with Crippen LogP contribution in [-0.2, 0) is 13.2 Å². The Hall–Kier alpha value is -1.88. The molecule has 0 aromatic heterocycles. The molecule has 1 aliphatic heterocycles. The predicted octanol–water partition coefficient (Wildman–Crippen LogP) is 4.62. The maximum absolute atomic E-state index is 9.53. The first kappa shape index (κ1) is 22.3. The second kappa shape index (κ2) is 11.7. The molecule has 2 aromatic carbocycles. The van der Waals surface area contributed by atoms with Crippen molar-refractivity contribution >= 4 is 0 Å². The lowest BCUT2D eigenvalue weighted by Gasteiger charge is -2.33. The van der Waals surface area contributed by atoms with Gasteiger partial charge in [0, 0.05) is 19.1 Å². The van der Waals surface area contributed by atoms with Crippen LogP contribution in [-0.4, -0.2) is 42.3 Å². The lowest BCUT2D eigenvalue weighted by molar-refractivity contribution is 0.124. The number of benzene rings is 2. The molecule has 0 radical (unpaired) electrons. The fourth-order valence-corrected chi connectivity index (χ4v) is 5.16. The van der Waals surface area contributed by atoms with Crippen LogP contribution in [0.5, 0.6) is 5.75 Å². The van der Waals surface area contributed by atoms with E-state index < -0.39 is 0 Å². The van der Waals surface area contributed by atoms with Crippen LogP contribution in [0.4, 0.5) is 0 Å². The molecular weight excluding hydrogens is 384 g/mol. The largest absolute Gasteiger partial charge is 0.489 e.